The molecule has 4 aliphatic rings. The van der Waals surface area contributed by atoms with Crippen LogP contribution in [-0.2, 0) is 48.9 Å². The van der Waals surface area contributed by atoms with Crippen LogP contribution in [-0.4, -0.2) is 136 Å². The number of aldehydes is 1. The summed E-state index contributed by atoms with van der Waals surface area (Å²) in [6.45, 7) is 17.1. The molecule has 0 amide bonds. The Morgan fingerprint density at radius 1 is 0.808 bits per heavy atom. The van der Waals surface area contributed by atoms with Gasteiger partial charge >= 0.3 is 180 Å². The van der Waals surface area contributed by atoms with Gasteiger partial charge in [0.05, 0.1) is 19.3 Å². The van der Waals surface area contributed by atoms with Crippen molar-refractivity contribution in [2.75, 3.05) is 46.9 Å². The standard InChI is InChI=1S/C17H18BNO6.C15H21B2NO5.C11H14BNO3.2C2H4O2.CH3NO2.Na.H2O/c1-12-7-8-14(24-11-23-10-13-5-3-2-4-6-13)17-16(12)15(9-19(21)22)25-18(17)20;1-10-6-7-12(20-9-21-16-18)13(11(10)8-19)17-22-14(2,3)15(4,5)23-17;1-7-2-3-8-11-10(7)9(6-13)16-12(11)15-5-4-14-8;3*1-2(3)4;;/h2-8,15,20H,9-11H2,1H3;6-8,18H,9H2,1-5H3;2-3,9H,4-6,13H2,1H3;2*1H3,(H,3,4);1H3;;1H2/q;;;;;;+1;/p-1. The fourth-order valence-electron chi connectivity index (χ4n) is 7.69. The van der Waals surface area contributed by atoms with Crippen LogP contribution in [0.1, 0.15) is 97.5 Å². The number of carboxylic acid groups (broad SMARTS) is 2. The molecule has 4 aromatic carbocycles. The van der Waals surface area contributed by atoms with E-state index >= 15 is 0 Å². The topological polar surface area (TPSA) is 370 Å². The van der Waals surface area contributed by atoms with Gasteiger partial charge in [0.15, 0.2) is 13.8 Å². The number of nitrogens with one attached hydrogen (secondary N) is 1. The van der Waals surface area contributed by atoms with Crippen LogP contribution in [0.4, 0.5) is 0 Å². The van der Waals surface area contributed by atoms with Crippen molar-refractivity contribution in [1.29, 1.82) is 5.31 Å². The second-order valence-electron chi connectivity index (χ2n) is 17.9. The molecule has 0 radical (unpaired) electrons. The van der Waals surface area contributed by atoms with Crippen LogP contribution in [0.2, 0.25) is 0 Å². The van der Waals surface area contributed by atoms with Gasteiger partial charge in [-0.05, 0) is 53.8 Å². The number of rotatable bonds is 14. The molecule has 0 spiro atoms. The second-order valence-corrected chi connectivity index (χ2v) is 17.9. The van der Waals surface area contributed by atoms with Crippen LogP contribution in [0.15, 0.2) is 66.7 Å². The first kappa shape index (κ1) is 70.2. The Balaban J connectivity index is 0.000000530. The number of carboxylic acids is 2. The molecule has 416 valence electrons. The Kier molecular flexibility index (Phi) is 30.2. The van der Waals surface area contributed by atoms with Gasteiger partial charge in [-0.25, -0.2) is 0 Å². The van der Waals surface area contributed by atoms with Crippen molar-refractivity contribution in [1.82, 2.24) is 0 Å². The molecule has 0 aromatic heterocycles. The normalized spacial score (nSPS) is 16.1. The van der Waals surface area contributed by atoms with Crippen molar-refractivity contribution in [2.45, 2.75) is 92.3 Å². The predicted molar refractivity (Wildman–Crippen MR) is 281 cm³/mol. The quantitative estimate of drug-likeness (QED) is 0.0286. The number of hydrogen-bond donors (Lipinski definition) is 5. The van der Waals surface area contributed by atoms with E-state index in [4.69, 9.17) is 87.8 Å². The van der Waals surface area contributed by atoms with Crippen LogP contribution in [0.3, 0.4) is 0 Å². The molecule has 4 heterocycles. The van der Waals surface area contributed by atoms with Gasteiger partial charge in [-0.3, -0.25) is 29.8 Å². The zero-order chi connectivity index (χ0) is 56.9. The average Bonchev–Trinajstić information content (AvgIpc) is 3.88. The second kappa shape index (κ2) is 33.6. The first-order chi connectivity index (χ1) is 35.8. The van der Waals surface area contributed by atoms with Crippen molar-refractivity contribution in [3.63, 3.8) is 0 Å². The summed E-state index contributed by atoms with van der Waals surface area (Å²) in [7, 11) is -0.580. The monoisotopic (exact) mass is 1100 g/mol. The number of aliphatic carboxylic acids is 2. The Hall–Kier alpha value is -5.81. The van der Waals surface area contributed by atoms with Crippen LogP contribution < -0.4 is 65.9 Å². The third kappa shape index (κ3) is 20.8. The Morgan fingerprint density at radius 3 is 1.85 bits per heavy atom. The molecule has 0 bridgehead atoms. The summed E-state index contributed by atoms with van der Waals surface area (Å²) in [5.74, 6) is 0.0594. The van der Waals surface area contributed by atoms with Crippen molar-refractivity contribution in [2.24, 2.45) is 5.73 Å². The van der Waals surface area contributed by atoms with Gasteiger partial charge in [0.1, 0.15) is 24.2 Å². The number of nitrogens with zero attached hydrogens (tertiary/aromatic N) is 2. The molecule has 78 heavy (non-hydrogen) atoms. The summed E-state index contributed by atoms with van der Waals surface area (Å²) in [6, 6.07) is 20.7. The van der Waals surface area contributed by atoms with Gasteiger partial charge in [0.2, 0.25) is 6.54 Å². The van der Waals surface area contributed by atoms with Crippen molar-refractivity contribution in [3.8, 4) is 17.2 Å². The Morgan fingerprint density at radius 2 is 1.32 bits per heavy atom. The predicted octanol–water partition coefficient (Wildman–Crippen LogP) is 0.456. The van der Waals surface area contributed by atoms with Gasteiger partial charge in [-0.1, -0.05) is 42.5 Å². The minimum atomic E-state index is -1.25. The Bertz CT molecular complexity index is 2570. The Labute approximate surface area is 475 Å². The fraction of sp³-hybridized carbons (Fsp3) is 0.438. The van der Waals surface area contributed by atoms with Crippen LogP contribution in [0.25, 0.3) is 0 Å². The number of carbonyl (C=O) groups is 3. The van der Waals surface area contributed by atoms with Crippen LogP contribution in [0, 0.1) is 46.3 Å². The van der Waals surface area contributed by atoms with E-state index in [9.17, 15) is 19.9 Å². The van der Waals surface area contributed by atoms with Crippen molar-refractivity contribution < 1.29 is 121 Å². The summed E-state index contributed by atoms with van der Waals surface area (Å²) in [5.41, 5.74) is 12.8. The molecule has 4 aliphatic heterocycles. The molecule has 1 fully saturated rings. The van der Waals surface area contributed by atoms with E-state index in [1.165, 1.54) is 5.56 Å². The summed E-state index contributed by atoms with van der Waals surface area (Å²) in [6.07, 6.45) is -0.0736. The molecular weight excluding hydrogens is 1030 g/mol. The van der Waals surface area contributed by atoms with Gasteiger partial charge in [-0.15, -0.1) is 0 Å². The van der Waals surface area contributed by atoms with Crippen LogP contribution >= 0.6 is 0 Å². The maximum Gasteiger partial charge on any atom is 1.00 e. The molecule has 7 N–H and O–H groups in total. The summed E-state index contributed by atoms with van der Waals surface area (Å²) < 4.78 is 55.9. The number of fused-ring (bicyclic) bond motifs is 1. The van der Waals surface area contributed by atoms with Gasteiger partial charge in [0, 0.05) is 41.2 Å². The number of ether oxygens (including phenoxy) is 4. The summed E-state index contributed by atoms with van der Waals surface area (Å²) in [4.78, 5) is 48.2. The smallest absolute Gasteiger partial charge is 0.870 e. The largest absolute Gasteiger partial charge is 1.00 e. The maximum atomic E-state index is 11.6. The van der Waals surface area contributed by atoms with Gasteiger partial charge in [-0.2, -0.15) is 0 Å². The number of benzene rings is 4. The first-order valence-electron chi connectivity index (χ1n) is 23.5. The van der Waals surface area contributed by atoms with E-state index in [-0.39, 0.29) is 61.8 Å². The van der Waals surface area contributed by atoms with E-state index in [0.29, 0.717) is 59.9 Å². The van der Waals surface area contributed by atoms with Crippen molar-refractivity contribution >= 4 is 63.2 Å². The van der Waals surface area contributed by atoms with Crippen molar-refractivity contribution in [3.05, 3.63) is 126 Å². The summed E-state index contributed by atoms with van der Waals surface area (Å²) in [5, 5.41) is 51.5. The number of nitro groups is 2. The molecule has 30 heteroatoms. The minimum absolute atomic E-state index is 0. The SMILES string of the molecule is CC(=O)O.CC(=O)O.C[N+](=O)[O-].Cc1ccc(OCOB=N)c(B2OC(C)(C)C(C)(C)O2)c1C=O.Cc1ccc(OCOCc2ccccc2)c2c1C(C[N+](=O)[O-])OB2O.Cc1ccc2c3c1C(CN)OB3OCCO2.[Na+].[OH-]. The molecule has 2 unspecified atom stereocenters. The first-order valence-corrected chi connectivity index (χ1v) is 23.5. The molecule has 25 nitrogen and oxygen atoms in total. The molecule has 2 atom stereocenters. The number of aryl methyl sites for hydroxylation is 3. The molecule has 0 aliphatic carbocycles. The number of hydrogen-bond acceptors (Lipinski definition) is 21. The van der Waals surface area contributed by atoms with Gasteiger partial charge in [0.25, 0.3) is 11.9 Å². The molecule has 8 rings (SSSR count). The molecule has 1 saturated heterocycles. The van der Waals surface area contributed by atoms with Gasteiger partial charge < -0.3 is 54.6 Å². The third-order valence-corrected chi connectivity index (χ3v) is 11.6. The van der Waals surface area contributed by atoms with Crippen LogP contribution in [0.5, 0.6) is 17.2 Å². The van der Waals surface area contributed by atoms with E-state index in [1.807, 2.05) is 84.0 Å². The summed E-state index contributed by atoms with van der Waals surface area (Å²) >= 11 is 0. The molecule has 4 aromatic rings. The zero-order valence-corrected chi connectivity index (χ0v) is 47.5. The van der Waals surface area contributed by atoms with E-state index in [2.05, 4.69) is 6.92 Å². The maximum absolute atomic E-state index is 11.6. The van der Waals surface area contributed by atoms with E-state index in [0.717, 1.165) is 67.9 Å². The zero-order valence-electron chi connectivity index (χ0n) is 45.5. The average molecular weight is 1100 g/mol. The van der Waals surface area contributed by atoms with E-state index in [1.54, 1.807) is 24.3 Å². The molecule has 0 saturated carbocycles. The minimum Gasteiger partial charge on any atom is -0.870 e. The van der Waals surface area contributed by atoms with E-state index < -0.39 is 59.9 Å². The number of nitrogens with two attached hydrogens (primary N) is 1. The number of carbonyl (C=O) groups excluding carboxylic acids is 1. The fourth-order valence-corrected chi connectivity index (χ4v) is 7.69. The third-order valence-electron chi connectivity index (χ3n) is 11.6. The molecular formula is C48H65B4N4NaO21.